The van der Waals surface area contributed by atoms with E-state index in [1.165, 1.54) is 5.38 Å². The van der Waals surface area contributed by atoms with Gasteiger partial charge in [-0.2, -0.15) is 13.2 Å². The third-order valence-electron chi connectivity index (χ3n) is 3.26. The maximum Gasteiger partial charge on any atom is 0.454 e. The largest absolute Gasteiger partial charge is 0.454 e. The second kappa shape index (κ2) is 5.21. The maximum atomic E-state index is 12.8. The number of nitrogens with zero attached hydrogens (tertiary/aromatic N) is 1. The number of benzene rings is 1. The van der Waals surface area contributed by atoms with Crippen LogP contribution in [0.3, 0.4) is 0 Å². The van der Waals surface area contributed by atoms with Crippen molar-refractivity contribution in [1.82, 2.24) is 4.98 Å². The van der Waals surface area contributed by atoms with Crippen molar-refractivity contribution in [2.24, 2.45) is 0 Å². The van der Waals surface area contributed by atoms with Gasteiger partial charge in [-0.25, -0.2) is 4.98 Å². The topological polar surface area (TPSA) is 30.0 Å². The van der Waals surface area contributed by atoms with Gasteiger partial charge in [0.15, 0.2) is 0 Å². The molecular weight excluding hydrogens is 311 g/mol. The summed E-state index contributed by atoms with van der Waals surface area (Å²) in [5, 5.41) is 1.50. The number of rotatable bonds is 2. The number of carbonyl (C=O) groups is 1. The van der Waals surface area contributed by atoms with Crippen molar-refractivity contribution in [3.8, 4) is 11.1 Å². The Morgan fingerprint density at radius 3 is 2.50 bits per heavy atom. The van der Waals surface area contributed by atoms with Gasteiger partial charge >= 0.3 is 6.18 Å². The fraction of sp³-hybridized carbons (Fsp3) is 0.125. The Balaban J connectivity index is 2.32. The highest BCUT2D eigenvalue weighted by Crippen LogP contribution is 2.37. The summed E-state index contributed by atoms with van der Waals surface area (Å²) in [6.45, 7) is 1.77. The van der Waals surface area contributed by atoms with Crippen LogP contribution in [0, 0.1) is 6.92 Å². The van der Waals surface area contributed by atoms with Crippen molar-refractivity contribution < 1.29 is 18.0 Å². The summed E-state index contributed by atoms with van der Waals surface area (Å²) in [6, 6.07) is 10.7. The quantitative estimate of drug-likeness (QED) is 0.621. The number of fused-ring (bicyclic) bond motifs is 1. The van der Waals surface area contributed by atoms with Crippen LogP contribution in [0.5, 0.6) is 0 Å². The van der Waals surface area contributed by atoms with Crippen molar-refractivity contribution in [3.63, 3.8) is 0 Å². The minimum Gasteiger partial charge on any atom is -0.284 e. The molecule has 3 aromatic rings. The number of aromatic nitrogens is 1. The van der Waals surface area contributed by atoms with Gasteiger partial charge in [-0.15, -0.1) is 11.3 Å². The summed E-state index contributed by atoms with van der Waals surface area (Å²) >= 11 is 1.05. The Bertz CT molecular complexity index is 853. The summed E-state index contributed by atoms with van der Waals surface area (Å²) in [7, 11) is 0. The van der Waals surface area contributed by atoms with Crippen LogP contribution >= 0.6 is 11.3 Å². The molecule has 0 saturated carbocycles. The van der Waals surface area contributed by atoms with Gasteiger partial charge in [0, 0.05) is 22.0 Å². The Hall–Kier alpha value is -2.21. The number of Topliss-reactive ketones (excluding diaryl/α,β-unsaturated/α-hetero) is 1. The van der Waals surface area contributed by atoms with E-state index in [9.17, 15) is 18.0 Å². The molecule has 2 aromatic heterocycles. The molecule has 0 aliphatic carbocycles. The third-order valence-corrected chi connectivity index (χ3v) is 4.13. The number of thiophene rings is 1. The Labute approximate surface area is 128 Å². The van der Waals surface area contributed by atoms with Crippen molar-refractivity contribution in [2.75, 3.05) is 0 Å². The number of alkyl halides is 3. The number of carbonyl (C=O) groups excluding carboxylic acids is 1. The monoisotopic (exact) mass is 321 g/mol. The van der Waals surface area contributed by atoms with E-state index in [1.807, 2.05) is 6.07 Å². The smallest absolute Gasteiger partial charge is 0.284 e. The third kappa shape index (κ3) is 2.50. The molecule has 6 heteroatoms. The van der Waals surface area contributed by atoms with Gasteiger partial charge in [0.25, 0.3) is 5.78 Å². The zero-order chi connectivity index (χ0) is 15.9. The fourth-order valence-electron chi connectivity index (χ4n) is 2.33. The molecule has 0 unspecified atom stereocenters. The van der Waals surface area contributed by atoms with E-state index >= 15 is 0 Å². The fourth-order valence-corrected chi connectivity index (χ4v) is 3.32. The molecule has 0 saturated heterocycles. The minimum absolute atomic E-state index is 0.268. The zero-order valence-corrected chi connectivity index (χ0v) is 12.3. The molecule has 2 nitrogen and oxygen atoms in total. The molecule has 0 aliphatic heterocycles. The van der Waals surface area contributed by atoms with Crippen LogP contribution in [0.1, 0.15) is 16.1 Å². The van der Waals surface area contributed by atoms with Gasteiger partial charge in [0.1, 0.15) is 4.83 Å². The zero-order valence-electron chi connectivity index (χ0n) is 11.4. The first kappa shape index (κ1) is 14.7. The minimum atomic E-state index is -4.90. The van der Waals surface area contributed by atoms with Crippen molar-refractivity contribution in [3.05, 3.63) is 53.0 Å². The number of halogens is 3. The van der Waals surface area contributed by atoms with Crippen LogP contribution < -0.4 is 0 Å². The Kier molecular flexibility index (Phi) is 3.48. The van der Waals surface area contributed by atoms with E-state index in [0.29, 0.717) is 16.1 Å². The lowest BCUT2D eigenvalue weighted by atomic mass is 9.99. The molecule has 2 heterocycles. The van der Waals surface area contributed by atoms with Crippen LogP contribution in [0.25, 0.3) is 21.3 Å². The molecule has 0 amide bonds. The van der Waals surface area contributed by atoms with E-state index in [2.05, 4.69) is 4.98 Å². The Morgan fingerprint density at radius 2 is 1.86 bits per heavy atom. The molecule has 0 radical (unpaired) electrons. The van der Waals surface area contributed by atoms with E-state index < -0.39 is 12.0 Å². The highest BCUT2D eigenvalue weighted by molar-refractivity contribution is 7.17. The molecule has 0 bridgehead atoms. The highest BCUT2D eigenvalue weighted by Gasteiger charge is 2.41. The van der Waals surface area contributed by atoms with Crippen molar-refractivity contribution >= 4 is 27.3 Å². The van der Waals surface area contributed by atoms with Crippen LogP contribution in [0.2, 0.25) is 0 Å². The normalized spacial score (nSPS) is 11.8. The molecular formula is C16H10F3NOS. The summed E-state index contributed by atoms with van der Waals surface area (Å²) in [6.07, 6.45) is -4.90. The maximum absolute atomic E-state index is 12.8. The lowest BCUT2D eigenvalue weighted by Crippen LogP contribution is -2.22. The second-order valence-corrected chi connectivity index (χ2v) is 5.69. The molecule has 1 aromatic carbocycles. The van der Waals surface area contributed by atoms with Crippen molar-refractivity contribution in [1.29, 1.82) is 0 Å². The van der Waals surface area contributed by atoms with Crippen molar-refractivity contribution in [2.45, 2.75) is 13.1 Å². The summed E-state index contributed by atoms with van der Waals surface area (Å²) in [4.78, 5) is 16.3. The van der Waals surface area contributed by atoms with E-state index in [1.54, 1.807) is 37.3 Å². The number of ketones is 1. The first-order valence-corrected chi connectivity index (χ1v) is 7.31. The number of pyridine rings is 1. The lowest BCUT2D eigenvalue weighted by molar-refractivity contribution is -0.0883. The number of hydrogen-bond acceptors (Lipinski definition) is 3. The molecule has 0 N–H and O–H groups in total. The molecule has 0 atom stereocenters. The summed E-state index contributed by atoms with van der Waals surface area (Å²) < 4.78 is 38.4. The predicted octanol–water partition coefficient (Wildman–Crippen LogP) is 5.02. The molecule has 0 fully saturated rings. The van der Waals surface area contributed by atoms with Gasteiger partial charge in [0.2, 0.25) is 0 Å². The molecule has 3 rings (SSSR count). The molecule has 0 aliphatic rings. The molecule has 22 heavy (non-hydrogen) atoms. The SMILES string of the molecule is Cc1cc(-c2ccccc2)c2c(C(=O)C(F)(F)F)csc2n1. The average molecular weight is 321 g/mol. The molecule has 112 valence electrons. The van der Waals surface area contributed by atoms with Gasteiger partial charge in [-0.1, -0.05) is 30.3 Å². The van der Waals surface area contributed by atoms with Gasteiger partial charge in [-0.3, -0.25) is 4.79 Å². The van der Waals surface area contributed by atoms with Crippen LogP contribution in [0.4, 0.5) is 13.2 Å². The first-order chi connectivity index (χ1) is 10.4. The van der Waals surface area contributed by atoms with Crippen LogP contribution in [-0.4, -0.2) is 16.9 Å². The van der Waals surface area contributed by atoms with Crippen LogP contribution in [0.15, 0.2) is 41.8 Å². The molecule has 0 spiro atoms. The predicted molar refractivity (Wildman–Crippen MR) is 80.2 cm³/mol. The number of aryl methyl sites for hydroxylation is 1. The average Bonchev–Trinajstić information content (AvgIpc) is 2.89. The van der Waals surface area contributed by atoms with E-state index in [0.717, 1.165) is 16.9 Å². The van der Waals surface area contributed by atoms with Gasteiger partial charge in [-0.05, 0) is 24.1 Å². The van der Waals surface area contributed by atoms with Crippen LogP contribution in [-0.2, 0) is 0 Å². The lowest BCUT2D eigenvalue weighted by Gasteiger charge is -2.09. The first-order valence-electron chi connectivity index (χ1n) is 6.43. The summed E-state index contributed by atoms with van der Waals surface area (Å²) in [5.74, 6) is -1.83. The van der Waals surface area contributed by atoms with Gasteiger partial charge < -0.3 is 0 Å². The van der Waals surface area contributed by atoms with E-state index in [-0.39, 0.29) is 10.9 Å². The van der Waals surface area contributed by atoms with Gasteiger partial charge in [0.05, 0.1) is 0 Å². The highest BCUT2D eigenvalue weighted by atomic mass is 32.1. The second-order valence-electron chi connectivity index (χ2n) is 4.83. The Morgan fingerprint density at radius 1 is 1.18 bits per heavy atom. The van der Waals surface area contributed by atoms with E-state index in [4.69, 9.17) is 0 Å². The number of hydrogen-bond donors (Lipinski definition) is 0. The summed E-state index contributed by atoms with van der Waals surface area (Å²) in [5.41, 5.74) is 1.71. The standard InChI is InChI=1S/C16H10F3NOS/c1-9-7-11(10-5-3-2-4-6-10)13-12(8-22-15(13)20-9)14(21)16(17,18)19/h2-8H,1H3.